The highest BCUT2D eigenvalue weighted by Gasteiger charge is 2.20. The van der Waals surface area contributed by atoms with Gasteiger partial charge in [-0.15, -0.1) is 0 Å². The normalized spacial score (nSPS) is 11.4. The zero-order chi connectivity index (χ0) is 21.7. The van der Waals surface area contributed by atoms with Gasteiger partial charge in [0.2, 0.25) is 15.9 Å². The van der Waals surface area contributed by atoms with Gasteiger partial charge in [0.25, 0.3) is 0 Å². The number of carbonyl (C=O) groups is 1. The Bertz CT molecular complexity index is 1160. The number of benzene rings is 3. The first kappa shape index (κ1) is 22.4. The largest absolute Gasteiger partial charge is 0.352 e. The molecule has 0 heterocycles. The highest BCUT2D eigenvalue weighted by molar-refractivity contribution is 7.92. The van der Waals surface area contributed by atoms with Crippen molar-refractivity contribution in [3.05, 3.63) is 76.3 Å². The van der Waals surface area contributed by atoms with E-state index in [0.29, 0.717) is 23.7 Å². The summed E-state index contributed by atoms with van der Waals surface area (Å²) in [6.45, 7) is 0.538. The molecule has 1 amide bonds. The summed E-state index contributed by atoms with van der Waals surface area (Å²) < 4.78 is 25.6. The summed E-state index contributed by atoms with van der Waals surface area (Å²) in [6, 6.07) is 18.6. The zero-order valence-corrected chi connectivity index (χ0v) is 18.8. The van der Waals surface area contributed by atoms with E-state index in [-0.39, 0.29) is 23.9 Å². The summed E-state index contributed by atoms with van der Waals surface area (Å²) in [7, 11) is -3.58. The van der Waals surface area contributed by atoms with Crippen LogP contribution in [0.5, 0.6) is 0 Å². The fourth-order valence-corrected chi connectivity index (χ4v) is 4.66. The predicted molar refractivity (Wildman–Crippen MR) is 124 cm³/mol. The third-order valence-electron chi connectivity index (χ3n) is 4.70. The molecular weight excluding hydrogens is 443 g/mol. The lowest BCUT2D eigenvalue weighted by molar-refractivity contribution is -0.121. The number of amides is 1. The first-order valence-corrected chi connectivity index (χ1v) is 12.0. The lowest BCUT2D eigenvalue weighted by Gasteiger charge is -2.23. The number of halogens is 2. The molecule has 158 valence electrons. The SMILES string of the molecule is CS(=O)(=O)N(CCCC(=O)NCc1cccc2ccccc12)c1cc(Cl)ccc1Cl. The Balaban J connectivity index is 1.60. The Morgan fingerprint density at radius 2 is 1.77 bits per heavy atom. The van der Waals surface area contributed by atoms with Crippen molar-refractivity contribution >= 4 is 55.6 Å². The van der Waals surface area contributed by atoms with Crippen molar-refractivity contribution in [2.75, 3.05) is 17.1 Å². The smallest absolute Gasteiger partial charge is 0.232 e. The van der Waals surface area contributed by atoms with E-state index in [1.165, 1.54) is 10.4 Å². The lowest BCUT2D eigenvalue weighted by atomic mass is 10.0. The molecule has 0 bridgehead atoms. The number of anilines is 1. The molecule has 1 N–H and O–H groups in total. The summed E-state index contributed by atoms with van der Waals surface area (Å²) in [5.74, 6) is -0.145. The number of fused-ring (bicyclic) bond motifs is 1. The van der Waals surface area contributed by atoms with Crippen LogP contribution in [0.25, 0.3) is 10.8 Å². The maximum Gasteiger partial charge on any atom is 0.232 e. The van der Waals surface area contributed by atoms with E-state index in [9.17, 15) is 13.2 Å². The Kier molecular flexibility index (Phi) is 7.23. The fourth-order valence-electron chi connectivity index (χ4n) is 3.25. The van der Waals surface area contributed by atoms with Gasteiger partial charge in [-0.2, -0.15) is 0 Å². The van der Waals surface area contributed by atoms with E-state index in [1.807, 2.05) is 42.5 Å². The second-order valence-corrected chi connectivity index (χ2v) is 9.70. The molecule has 3 aromatic rings. The average Bonchev–Trinajstić information content (AvgIpc) is 2.71. The Hall–Kier alpha value is -2.28. The topological polar surface area (TPSA) is 66.5 Å². The van der Waals surface area contributed by atoms with Gasteiger partial charge < -0.3 is 5.32 Å². The summed E-state index contributed by atoms with van der Waals surface area (Å²) in [5, 5.41) is 5.79. The molecule has 0 atom stereocenters. The van der Waals surface area contributed by atoms with E-state index in [4.69, 9.17) is 23.2 Å². The van der Waals surface area contributed by atoms with Gasteiger partial charge in [-0.3, -0.25) is 9.10 Å². The minimum absolute atomic E-state index is 0.126. The highest BCUT2D eigenvalue weighted by atomic mass is 35.5. The lowest BCUT2D eigenvalue weighted by Crippen LogP contribution is -2.32. The van der Waals surface area contributed by atoms with E-state index in [0.717, 1.165) is 22.6 Å². The van der Waals surface area contributed by atoms with Crippen molar-refractivity contribution in [1.29, 1.82) is 0 Å². The summed E-state index contributed by atoms with van der Waals surface area (Å²) in [6.07, 6.45) is 1.64. The van der Waals surface area contributed by atoms with Crippen LogP contribution in [0.1, 0.15) is 18.4 Å². The number of rotatable bonds is 8. The minimum Gasteiger partial charge on any atom is -0.352 e. The molecule has 0 unspecified atom stereocenters. The monoisotopic (exact) mass is 464 g/mol. The number of sulfonamides is 1. The molecule has 30 heavy (non-hydrogen) atoms. The van der Waals surface area contributed by atoms with Gasteiger partial charge >= 0.3 is 0 Å². The van der Waals surface area contributed by atoms with Crippen molar-refractivity contribution in [1.82, 2.24) is 5.32 Å². The number of hydrogen-bond acceptors (Lipinski definition) is 3. The van der Waals surface area contributed by atoms with Crippen LogP contribution in [0, 0.1) is 0 Å². The maximum atomic E-state index is 12.3. The fraction of sp³-hybridized carbons (Fsp3) is 0.227. The Morgan fingerprint density at radius 1 is 1.03 bits per heavy atom. The molecule has 5 nitrogen and oxygen atoms in total. The molecule has 0 aliphatic carbocycles. The second kappa shape index (κ2) is 9.69. The molecule has 0 saturated carbocycles. The zero-order valence-electron chi connectivity index (χ0n) is 16.4. The van der Waals surface area contributed by atoms with Crippen LogP contribution in [0.4, 0.5) is 5.69 Å². The molecule has 8 heteroatoms. The van der Waals surface area contributed by atoms with Crippen LogP contribution >= 0.6 is 23.2 Å². The Morgan fingerprint density at radius 3 is 2.53 bits per heavy atom. The Labute approximate surface area is 186 Å². The standard InChI is InChI=1S/C22H22Cl2N2O3S/c1-30(28,29)26(21-14-18(23)11-12-20(21)24)13-5-10-22(27)25-15-17-8-4-7-16-6-2-3-9-19(16)17/h2-4,6-9,11-12,14H,5,10,13,15H2,1H3,(H,25,27). The molecule has 0 aromatic heterocycles. The van der Waals surface area contributed by atoms with Gasteiger partial charge in [0.05, 0.1) is 17.0 Å². The van der Waals surface area contributed by atoms with Gasteiger partial charge in [-0.05, 0) is 41.0 Å². The van der Waals surface area contributed by atoms with Crippen molar-refractivity contribution in [3.8, 4) is 0 Å². The minimum atomic E-state index is -3.58. The van der Waals surface area contributed by atoms with Crippen molar-refractivity contribution < 1.29 is 13.2 Å². The van der Waals surface area contributed by atoms with E-state index in [1.54, 1.807) is 12.1 Å². The molecule has 0 saturated heterocycles. The summed E-state index contributed by atoms with van der Waals surface area (Å²) >= 11 is 12.2. The second-order valence-electron chi connectivity index (χ2n) is 6.95. The van der Waals surface area contributed by atoms with Crippen molar-refractivity contribution in [2.45, 2.75) is 19.4 Å². The number of nitrogens with one attached hydrogen (secondary N) is 1. The van der Waals surface area contributed by atoms with Crippen LogP contribution in [-0.4, -0.2) is 27.1 Å². The predicted octanol–water partition coefficient (Wildman–Crippen LogP) is 5.01. The van der Waals surface area contributed by atoms with Crippen molar-refractivity contribution in [2.24, 2.45) is 0 Å². The molecule has 0 spiro atoms. The summed E-state index contributed by atoms with van der Waals surface area (Å²) in [5.41, 5.74) is 1.34. The van der Waals surface area contributed by atoms with Crippen LogP contribution in [0.15, 0.2) is 60.7 Å². The highest BCUT2D eigenvalue weighted by Crippen LogP contribution is 2.30. The first-order chi connectivity index (χ1) is 14.3. The molecule has 0 fully saturated rings. The summed E-state index contributed by atoms with van der Waals surface area (Å²) in [4.78, 5) is 12.3. The number of carbonyl (C=O) groups excluding carboxylic acids is 1. The third kappa shape index (κ3) is 5.65. The molecule has 3 rings (SSSR count). The molecular formula is C22H22Cl2N2O3S. The van der Waals surface area contributed by atoms with Crippen LogP contribution < -0.4 is 9.62 Å². The molecule has 3 aromatic carbocycles. The van der Waals surface area contributed by atoms with Gasteiger partial charge in [-0.25, -0.2) is 8.42 Å². The van der Waals surface area contributed by atoms with Crippen LogP contribution in [-0.2, 0) is 21.4 Å². The van der Waals surface area contributed by atoms with E-state index in [2.05, 4.69) is 5.32 Å². The van der Waals surface area contributed by atoms with Gasteiger partial charge in [0, 0.05) is 24.5 Å². The van der Waals surface area contributed by atoms with Gasteiger partial charge in [-0.1, -0.05) is 65.7 Å². The number of hydrogen-bond donors (Lipinski definition) is 1. The average molecular weight is 465 g/mol. The molecule has 0 radical (unpaired) electrons. The van der Waals surface area contributed by atoms with Crippen LogP contribution in [0.2, 0.25) is 10.0 Å². The number of nitrogens with zero attached hydrogens (tertiary/aromatic N) is 1. The first-order valence-electron chi connectivity index (χ1n) is 9.42. The molecule has 0 aliphatic rings. The van der Waals surface area contributed by atoms with E-state index >= 15 is 0 Å². The van der Waals surface area contributed by atoms with Crippen molar-refractivity contribution in [3.63, 3.8) is 0 Å². The third-order valence-corrected chi connectivity index (χ3v) is 6.43. The maximum absolute atomic E-state index is 12.3. The quantitative estimate of drug-likeness (QED) is 0.509. The van der Waals surface area contributed by atoms with E-state index < -0.39 is 10.0 Å². The van der Waals surface area contributed by atoms with Gasteiger partial charge in [0.15, 0.2) is 0 Å². The molecule has 0 aliphatic heterocycles. The van der Waals surface area contributed by atoms with Gasteiger partial charge in [0.1, 0.15) is 0 Å². The van der Waals surface area contributed by atoms with Crippen LogP contribution in [0.3, 0.4) is 0 Å².